The molecule has 3 aromatic carbocycles. The van der Waals surface area contributed by atoms with Crippen LogP contribution in [0.1, 0.15) is 116 Å². The van der Waals surface area contributed by atoms with E-state index in [2.05, 4.69) is 40.1 Å². The van der Waals surface area contributed by atoms with Gasteiger partial charge in [-0.3, -0.25) is 24.4 Å². The van der Waals surface area contributed by atoms with Crippen molar-refractivity contribution in [3.05, 3.63) is 119 Å². The number of aromatic carboxylic acids is 1. The molecule has 0 spiro atoms. The SMILES string of the molecule is Cc1c(-c2ccc(N3CCc4cccc(C(=O)Nc5nc6ccccc6s5)c4C3)nc2C(=O)O)cnn1CC12CC3(C)CC(C)(C1)CC(OCCNC(=O)OCc1ccc(NC(=O)[C@H](C)NC(=O)[C@@H](N)C(C)C)cc1)(C3)C2. The highest BCUT2D eigenvalue weighted by molar-refractivity contribution is 7.22. The fourth-order valence-corrected chi connectivity index (χ4v) is 14.5. The number of hydrogen-bond donors (Lipinski definition) is 6. The Morgan fingerprint density at radius 2 is 1.60 bits per heavy atom. The lowest BCUT2D eigenvalue weighted by molar-refractivity contribution is -0.247. The summed E-state index contributed by atoms with van der Waals surface area (Å²) in [6, 6.07) is 22.6. The number of carbonyl (C=O) groups is 5. The molecule has 1 aliphatic heterocycles. The van der Waals surface area contributed by atoms with Crippen molar-refractivity contribution in [2.45, 2.75) is 124 Å². The van der Waals surface area contributed by atoms with Gasteiger partial charge in [0.05, 0.1) is 34.7 Å². The van der Waals surface area contributed by atoms with E-state index >= 15 is 0 Å². The van der Waals surface area contributed by atoms with Crippen LogP contribution in [0.25, 0.3) is 21.3 Å². The molecule has 18 nitrogen and oxygen atoms in total. The minimum Gasteiger partial charge on any atom is -0.476 e. The minimum atomic E-state index is -1.14. The van der Waals surface area contributed by atoms with Crippen LogP contribution in [-0.4, -0.2) is 92.0 Å². The number of ether oxygens (including phenoxy) is 2. The van der Waals surface area contributed by atoms with Crippen LogP contribution in [0, 0.1) is 29.1 Å². The highest BCUT2D eigenvalue weighted by Crippen LogP contribution is 2.72. The maximum Gasteiger partial charge on any atom is 0.407 e. The fourth-order valence-electron chi connectivity index (χ4n) is 13.7. The second-order valence-corrected chi connectivity index (χ2v) is 24.2. The number of fused-ring (bicyclic) bond motifs is 2. The Kier molecular flexibility index (Phi) is 14.5. The molecule has 4 aliphatic carbocycles. The summed E-state index contributed by atoms with van der Waals surface area (Å²) in [6.07, 6.45) is 7.74. The number of hydrogen-bond acceptors (Lipinski definition) is 13. The third-order valence-electron chi connectivity index (χ3n) is 16.1. The number of alkyl carbamates (subject to hydrolysis) is 1. The Morgan fingerprint density at radius 1 is 0.844 bits per heavy atom. The summed E-state index contributed by atoms with van der Waals surface area (Å²) in [5, 5.41) is 27.4. The molecule has 5 aliphatic rings. The average molecular weight is 1070 g/mol. The summed E-state index contributed by atoms with van der Waals surface area (Å²) >= 11 is 1.42. The van der Waals surface area contributed by atoms with Gasteiger partial charge in [0.25, 0.3) is 5.91 Å². The molecular formula is C58H68N10O8S. The largest absolute Gasteiger partial charge is 0.476 e. The van der Waals surface area contributed by atoms with E-state index in [1.807, 2.05) is 85.0 Å². The van der Waals surface area contributed by atoms with Gasteiger partial charge in [-0.2, -0.15) is 5.10 Å². The van der Waals surface area contributed by atoms with E-state index in [0.29, 0.717) is 66.0 Å². The number of aromatic nitrogens is 4. The molecule has 77 heavy (non-hydrogen) atoms. The molecule has 7 N–H and O–H groups in total. The number of thiazole rings is 1. The van der Waals surface area contributed by atoms with Crippen LogP contribution in [-0.2, 0) is 45.2 Å². The monoisotopic (exact) mass is 1060 g/mol. The zero-order valence-electron chi connectivity index (χ0n) is 44.5. The van der Waals surface area contributed by atoms with Gasteiger partial charge in [0.2, 0.25) is 11.8 Å². The molecule has 4 amide bonds. The van der Waals surface area contributed by atoms with Crippen molar-refractivity contribution in [2.75, 3.05) is 35.2 Å². The molecular weight excluding hydrogens is 997 g/mol. The second kappa shape index (κ2) is 21.0. The predicted octanol–water partition coefficient (Wildman–Crippen LogP) is 8.87. The summed E-state index contributed by atoms with van der Waals surface area (Å²) in [5.74, 6) is -1.70. The Balaban J connectivity index is 0.751. The van der Waals surface area contributed by atoms with E-state index < -0.39 is 24.1 Å². The number of carboxylic acids is 1. The number of pyridine rings is 1. The van der Waals surface area contributed by atoms with E-state index in [1.165, 1.54) is 11.3 Å². The molecule has 4 atom stereocenters. The number of anilines is 3. The van der Waals surface area contributed by atoms with Gasteiger partial charge < -0.3 is 41.2 Å². The molecule has 4 saturated carbocycles. The first-order valence-corrected chi connectivity index (χ1v) is 27.3. The van der Waals surface area contributed by atoms with Gasteiger partial charge >= 0.3 is 12.1 Å². The molecule has 19 heteroatoms. The van der Waals surface area contributed by atoms with Crippen LogP contribution in [0.15, 0.2) is 85.1 Å². The molecule has 4 fully saturated rings. The average Bonchev–Trinajstić information content (AvgIpc) is 4.04. The van der Waals surface area contributed by atoms with Crippen molar-refractivity contribution in [3.8, 4) is 11.1 Å². The normalized spacial score (nSPS) is 23.0. The summed E-state index contributed by atoms with van der Waals surface area (Å²) in [4.78, 5) is 76.0. The summed E-state index contributed by atoms with van der Waals surface area (Å²) in [7, 11) is 0. The molecule has 6 aromatic rings. The standard InChI is InChI=1S/C58H68N10O8S/c1-34(2)47(59)51(71)62-35(3)49(69)63-39-16-14-37(15-17-39)26-75-54(74)60-21-23-76-58-30-55(5)27-56(6,31-58)29-57(28-55,32-58)33-68-36(4)42(24-61-68)40-18-19-46(65-48(40)52(72)73)67-22-20-38-10-9-11-41(43(38)25-67)50(70)66-53-64-44-12-7-8-13-45(44)77-53/h7-19,24,34-35,47H,20-23,25-33,59H2,1-6H3,(H,60,74)(H,62,71)(H,63,69)(H,72,73)(H,64,66,70)/t35-,47-,55?,56?,57?,58?/m0/s1. The zero-order valence-corrected chi connectivity index (χ0v) is 45.4. The summed E-state index contributed by atoms with van der Waals surface area (Å²) in [6.45, 7) is 14.3. The Morgan fingerprint density at radius 3 is 2.32 bits per heavy atom. The molecule has 404 valence electrons. The highest BCUT2D eigenvalue weighted by atomic mass is 32.1. The van der Waals surface area contributed by atoms with Crippen LogP contribution < -0.4 is 31.9 Å². The molecule has 2 unspecified atom stereocenters. The maximum absolute atomic E-state index is 13.7. The number of rotatable bonds is 18. The number of para-hydroxylation sites is 1. The van der Waals surface area contributed by atoms with Gasteiger partial charge in [-0.25, -0.2) is 19.6 Å². The number of carboxylic acid groups (broad SMARTS) is 1. The van der Waals surface area contributed by atoms with Crippen molar-refractivity contribution in [2.24, 2.45) is 27.9 Å². The molecule has 4 heterocycles. The lowest BCUT2D eigenvalue weighted by Gasteiger charge is -2.69. The van der Waals surface area contributed by atoms with Crippen LogP contribution in [0.3, 0.4) is 0 Å². The van der Waals surface area contributed by atoms with E-state index in [9.17, 15) is 29.1 Å². The third kappa shape index (κ3) is 11.3. The van der Waals surface area contributed by atoms with E-state index in [1.54, 1.807) is 37.4 Å². The number of nitrogens with two attached hydrogens (primary N) is 1. The number of amides is 4. The second-order valence-electron chi connectivity index (χ2n) is 23.1. The number of carbonyl (C=O) groups excluding carboxylic acids is 4. The number of benzene rings is 3. The molecule has 0 saturated heterocycles. The van der Waals surface area contributed by atoms with Crippen molar-refractivity contribution in [1.82, 2.24) is 30.4 Å². The van der Waals surface area contributed by atoms with Gasteiger partial charge in [-0.1, -0.05) is 75.4 Å². The Hall–Kier alpha value is -7.22. The molecule has 3 aromatic heterocycles. The first-order valence-electron chi connectivity index (χ1n) is 26.5. The lowest BCUT2D eigenvalue weighted by atomic mass is 9.39. The quantitative estimate of drug-likeness (QED) is 0.0441. The van der Waals surface area contributed by atoms with Gasteiger partial charge in [-0.15, -0.1) is 0 Å². The van der Waals surface area contributed by atoms with Crippen LogP contribution in [0.5, 0.6) is 0 Å². The van der Waals surface area contributed by atoms with Crippen molar-refractivity contribution in [1.29, 1.82) is 0 Å². The van der Waals surface area contributed by atoms with Crippen molar-refractivity contribution >= 4 is 68.0 Å². The van der Waals surface area contributed by atoms with Gasteiger partial charge in [0.1, 0.15) is 18.5 Å². The van der Waals surface area contributed by atoms with Crippen molar-refractivity contribution < 1.29 is 38.6 Å². The van der Waals surface area contributed by atoms with Gasteiger partial charge in [0, 0.05) is 54.3 Å². The van der Waals surface area contributed by atoms with E-state index in [-0.39, 0.29) is 64.3 Å². The zero-order chi connectivity index (χ0) is 54.4. The summed E-state index contributed by atoms with van der Waals surface area (Å²) in [5.41, 5.74) is 12.1. The lowest BCUT2D eigenvalue weighted by Crippen LogP contribution is -2.64. The number of nitrogens with one attached hydrogen (secondary N) is 4. The fraction of sp³-hybridized carbons (Fsp3) is 0.448. The highest BCUT2D eigenvalue weighted by Gasteiger charge is 2.66. The first-order chi connectivity index (χ1) is 36.7. The number of nitrogens with zero attached hydrogens (tertiary/aromatic N) is 5. The Bertz CT molecular complexity index is 3210. The van der Waals surface area contributed by atoms with Crippen LogP contribution in [0.2, 0.25) is 0 Å². The van der Waals surface area contributed by atoms with Crippen LogP contribution >= 0.6 is 11.3 Å². The molecule has 0 radical (unpaired) electrons. The first kappa shape index (κ1) is 53.2. The summed E-state index contributed by atoms with van der Waals surface area (Å²) < 4.78 is 15.4. The van der Waals surface area contributed by atoms with Gasteiger partial charge in [-0.05, 0) is 140 Å². The third-order valence-corrected chi connectivity index (χ3v) is 17.1. The predicted molar refractivity (Wildman–Crippen MR) is 295 cm³/mol. The topological polar surface area (TPSA) is 245 Å². The van der Waals surface area contributed by atoms with Crippen LogP contribution in [0.4, 0.5) is 21.4 Å². The Labute approximate surface area is 451 Å². The van der Waals surface area contributed by atoms with E-state index in [4.69, 9.17) is 25.3 Å². The van der Waals surface area contributed by atoms with Crippen molar-refractivity contribution in [3.63, 3.8) is 0 Å². The molecule has 11 rings (SSSR count). The maximum atomic E-state index is 13.7. The van der Waals surface area contributed by atoms with Gasteiger partial charge in [0.15, 0.2) is 10.8 Å². The molecule has 4 bridgehead atoms. The minimum absolute atomic E-state index is 0.0305. The van der Waals surface area contributed by atoms with E-state index in [0.717, 1.165) is 71.1 Å². The smallest absolute Gasteiger partial charge is 0.407 e.